The van der Waals surface area contributed by atoms with Gasteiger partial charge in [-0.1, -0.05) is 36.4 Å². The van der Waals surface area contributed by atoms with Crippen LogP contribution in [0.4, 0.5) is 4.79 Å². The first kappa shape index (κ1) is 44.4. The number of amides is 1. The van der Waals surface area contributed by atoms with Crippen molar-refractivity contribution in [3.8, 4) is 17.2 Å². The number of carbonyl (C=O) groups is 1. The van der Waals surface area contributed by atoms with Crippen LogP contribution in [0.2, 0.25) is 0 Å². The highest BCUT2D eigenvalue weighted by Gasteiger charge is 2.38. The normalized spacial score (nSPS) is 13.9. The van der Waals surface area contributed by atoms with E-state index in [1.165, 1.54) is 30.7 Å². The highest BCUT2D eigenvalue weighted by atomic mass is 127. The predicted molar refractivity (Wildman–Crippen MR) is 227 cm³/mol. The van der Waals surface area contributed by atoms with E-state index in [0.717, 1.165) is 5.56 Å². The summed E-state index contributed by atoms with van der Waals surface area (Å²) in [5, 5.41) is 8.59. The van der Waals surface area contributed by atoms with Crippen molar-refractivity contribution >= 4 is 54.6 Å². The van der Waals surface area contributed by atoms with E-state index in [0.29, 0.717) is 38.5 Å². The van der Waals surface area contributed by atoms with Crippen LogP contribution in [0.1, 0.15) is 49.9 Å². The number of hydrogen-bond donors (Lipinski definition) is 4. The SMILES string of the molecule is COc1ccc(CN2NN=C(c3c(I)ccc(S(=O)(=O)NCC(C)NC(=O)OC(C)(C)C)c3S(=O)(=O)N(Cc3ccc(OC)cc3)Cc3ccc(OC)cc3)N2)cc1. The van der Waals surface area contributed by atoms with Crippen LogP contribution >= 0.6 is 22.6 Å². The number of hydrogen-bond acceptors (Lipinski definition) is 13. The van der Waals surface area contributed by atoms with E-state index < -0.39 is 47.6 Å². The molecule has 4 N–H and O–H groups in total. The van der Waals surface area contributed by atoms with Crippen LogP contribution in [0.15, 0.2) is 99.8 Å². The molecular weight excluding hydrogens is 902 g/mol. The van der Waals surface area contributed by atoms with Crippen molar-refractivity contribution in [1.29, 1.82) is 0 Å². The lowest BCUT2D eigenvalue weighted by atomic mass is 10.2. The Morgan fingerprint density at radius 2 is 1.31 bits per heavy atom. The van der Waals surface area contributed by atoms with E-state index in [1.54, 1.807) is 88.5 Å². The van der Waals surface area contributed by atoms with Crippen molar-refractivity contribution in [3.63, 3.8) is 0 Å². The Morgan fingerprint density at radius 1 is 0.810 bits per heavy atom. The van der Waals surface area contributed by atoms with Crippen LogP contribution in [0.5, 0.6) is 17.2 Å². The number of hydrazine groups is 2. The summed E-state index contributed by atoms with van der Waals surface area (Å²) in [5.74, 6) is 1.92. The largest absolute Gasteiger partial charge is 0.497 e. The van der Waals surface area contributed by atoms with Gasteiger partial charge in [0.05, 0.1) is 33.4 Å². The third-order valence-electron chi connectivity index (χ3n) is 8.60. The molecule has 1 atom stereocenters. The molecule has 1 heterocycles. The van der Waals surface area contributed by atoms with Crippen LogP contribution in [0.25, 0.3) is 0 Å². The zero-order chi connectivity index (χ0) is 42.3. The van der Waals surface area contributed by atoms with E-state index in [4.69, 9.17) is 18.9 Å². The Kier molecular flexibility index (Phi) is 14.5. The number of alkyl carbamates (subject to hydrolysis) is 1. The molecule has 1 unspecified atom stereocenters. The van der Waals surface area contributed by atoms with Gasteiger partial charge in [-0.05, 0) is 116 Å². The van der Waals surface area contributed by atoms with Gasteiger partial charge in [-0.3, -0.25) is 5.43 Å². The Morgan fingerprint density at radius 3 is 1.79 bits per heavy atom. The summed E-state index contributed by atoms with van der Waals surface area (Å²) < 4.78 is 84.9. The van der Waals surface area contributed by atoms with Crippen molar-refractivity contribution in [3.05, 3.63) is 111 Å². The molecule has 4 aromatic carbocycles. The number of rotatable bonds is 17. The summed E-state index contributed by atoms with van der Waals surface area (Å²) in [5.41, 5.74) is 7.37. The fourth-order valence-electron chi connectivity index (χ4n) is 5.71. The minimum atomic E-state index is -4.72. The maximum atomic E-state index is 15.4. The van der Waals surface area contributed by atoms with Gasteiger partial charge in [0.2, 0.25) is 20.0 Å². The molecule has 1 aliphatic heterocycles. The number of carbonyl (C=O) groups excluding carboxylic acids is 1. The van der Waals surface area contributed by atoms with Gasteiger partial charge in [0.15, 0.2) is 5.84 Å². The molecule has 0 aromatic heterocycles. The summed E-state index contributed by atoms with van der Waals surface area (Å²) in [6, 6.07) is 23.2. The van der Waals surface area contributed by atoms with Gasteiger partial charge in [0.25, 0.3) is 0 Å². The second-order valence-electron chi connectivity index (χ2n) is 14.2. The zero-order valence-electron chi connectivity index (χ0n) is 33.2. The minimum Gasteiger partial charge on any atom is -0.497 e. The second kappa shape index (κ2) is 18.9. The number of halogens is 1. The summed E-state index contributed by atoms with van der Waals surface area (Å²) in [6.45, 7) is 6.47. The first-order valence-corrected chi connectivity index (χ1v) is 22.0. The average Bonchev–Trinajstić information content (AvgIpc) is 3.64. The number of ether oxygens (including phenoxy) is 4. The summed E-state index contributed by atoms with van der Waals surface area (Å²) in [7, 11) is -4.67. The number of amidine groups is 1. The lowest BCUT2D eigenvalue weighted by Gasteiger charge is -2.26. The van der Waals surface area contributed by atoms with Crippen molar-refractivity contribution < 1.29 is 40.6 Å². The maximum absolute atomic E-state index is 15.4. The number of benzene rings is 4. The van der Waals surface area contributed by atoms with E-state index in [-0.39, 0.29) is 31.0 Å². The molecule has 0 fully saturated rings. The molecule has 5 rings (SSSR count). The third-order valence-corrected chi connectivity index (χ3v) is 13.0. The van der Waals surface area contributed by atoms with Crippen LogP contribution < -0.4 is 35.2 Å². The van der Waals surface area contributed by atoms with Gasteiger partial charge >= 0.3 is 6.09 Å². The molecule has 0 aliphatic carbocycles. The monoisotopic (exact) mass is 949 g/mol. The van der Waals surface area contributed by atoms with Crippen molar-refractivity contribution in [2.24, 2.45) is 5.10 Å². The highest BCUT2D eigenvalue weighted by Crippen LogP contribution is 2.34. The lowest BCUT2D eigenvalue weighted by Crippen LogP contribution is -2.44. The molecule has 0 saturated carbocycles. The fourth-order valence-corrected chi connectivity index (χ4v) is 10.1. The molecule has 0 bridgehead atoms. The maximum Gasteiger partial charge on any atom is 0.407 e. The molecule has 58 heavy (non-hydrogen) atoms. The van der Waals surface area contributed by atoms with Crippen LogP contribution in [0.3, 0.4) is 0 Å². The standard InChI is InChI=1S/C39H48IN7O9S2/c1-26(42-38(48)56-39(2,3)4)22-41-57(49,50)34-21-20-33(40)35(37-43-45-47(44-37)25-29-12-18-32(55-7)19-13-29)36(34)58(51,52)46(23-27-8-14-30(53-5)15-9-27)24-28-10-16-31(54-6)17-11-28/h8-21,26,41,45H,22-25H2,1-7H3,(H,42,48)(H,43,44). The number of hydrazone groups is 1. The van der Waals surface area contributed by atoms with Gasteiger partial charge in [-0.2, -0.15) is 4.31 Å². The number of nitrogens with one attached hydrogen (secondary N) is 4. The van der Waals surface area contributed by atoms with Gasteiger partial charge in [-0.15, -0.1) is 10.2 Å². The van der Waals surface area contributed by atoms with E-state index >= 15 is 8.42 Å². The zero-order valence-corrected chi connectivity index (χ0v) is 37.0. The molecule has 1 aliphatic rings. The number of nitrogens with zero attached hydrogens (tertiary/aromatic N) is 3. The molecule has 4 aromatic rings. The Balaban J connectivity index is 1.59. The smallest absolute Gasteiger partial charge is 0.407 e. The summed E-state index contributed by atoms with van der Waals surface area (Å²) in [6.07, 6.45) is -0.733. The molecule has 1 amide bonds. The van der Waals surface area contributed by atoms with Crippen molar-refractivity contribution in [2.75, 3.05) is 27.9 Å². The predicted octanol–water partition coefficient (Wildman–Crippen LogP) is 5.09. The molecule has 0 saturated heterocycles. The Labute approximate surface area is 353 Å². The van der Waals surface area contributed by atoms with Crippen LogP contribution in [-0.2, 0) is 44.4 Å². The van der Waals surface area contributed by atoms with Crippen LogP contribution in [0, 0.1) is 3.57 Å². The summed E-state index contributed by atoms with van der Waals surface area (Å²) in [4.78, 5) is 11.4. The molecule has 16 nitrogen and oxygen atoms in total. The van der Waals surface area contributed by atoms with E-state index in [2.05, 4.69) is 26.1 Å². The Bertz CT molecular complexity index is 2260. The molecule has 0 spiro atoms. The molecule has 0 radical (unpaired) electrons. The summed E-state index contributed by atoms with van der Waals surface area (Å²) >= 11 is 1.97. The van der Waals surface area contributed by atoms with Crippen LogP contribution in [-0.4, -0.2) is 77.7 Å². The first-order chi connectivity index (χ1) is 27.4. The number of methoxy groups -OCH3 is 3. The van der Waals surface area contributed by atoms with Gasteiger partial charge in [-0.25, -0.2) is 31.9 Å². The molecule has 19 heteroatoms. The van der Waals surface area contributed by atoms with E-state index in [1.807, 2.05) is 46.9 Å². The van der Waals surface area contributed by atoms with E-state index in [9.17, 15) is 13.2 Å². The average molecular weight is 950 g/mol. The topological polar surface area (TPSA) is 189 Å². The third kappa shape index (κ3) is 11.5. The minimum absolute atomic E-state index is 0.0302. The van der Waals surface area contributed by atoms with Gasteiger partial charge in [0.1, 0.15) is 32.6 Å². The van der Waals surface area contributed by atoms with Crippen molar-refractivity contribution in [1.82, 2.24) is 30.4 Å². The van der Waals surface area contributed by atoms with Gasteiger partial charge < -0.3 is 24.3 Å². The Hall–Kier alpha value is -4.67. The lowest BCUT2D eigenvalue weighted by molar-refractivity contribution is 0.0509. The van der Waals surface area contributed by atoms with Gasteiger partial charge in [0, 0.05) is 29.2 Å². The van der Waals surface area contributed by atoms with Crippen molar-refractivity contribution in [2.45, 2.75) is 68.8 Å². The first-order valence-electron chi connectivity index (χ1n) is 18.0. The highest BCUT2D eigenvalue weighted by molar-refractivity contribution is 14.1. The molecular formula is C39H48IN7O9S2. The quantitative estimate of drug-likeness (QED) is 0.103. The number of sulfonamides is 2. The second-order valence-corrected chi connectivity index (χ2v) is 19.0. The fraction of sp³-hybridized carbons (Fsp3) is 0.333. The molecule has 312 valence electrons.